The highest BCUT2D eigenvalue weighted by Crippen LogP contribution is 2.26. The monoisotopic (exact) mass is 246 g/mol. The van der Waals surface area contributed by atoms with Crippen LogP contribution in [0.1, 0.15) is 0 Å². The molecule has 0 spiro atoms. The second-order valence-electron chi connectivity index (χ2n) is 3.41. The van der Waals surface area contributed by atoms with Crippen molar-refractivity contribution in [3.63, 3.8) is 0 Å². The van der Waals surface area contributed by atoms with E-state index in [9.17, 15) is 0 Å². The summed E-state index contributed by atoms with van der Waals surface area (Å²) >= 11 is 1.62. The highest BCUT2D eigenvalue weighted by atomic mass is 32.2. The van der Waals surface area contributed by atoms with Crippen LogP contribution in [-0.2, 0) is 0 Å². The van der Waals surface area contributed by atoms with E-state index in [-0.39, 0.29) is 0 Å². The van der Waals surface area contributed by atoms with Crippen LogP contribution in [0.2, 0.25) is 0 Å². The van der Waals surface area contributed by atoms with Crippen LogP contribution in [0.5, 0.6) is 5.75 Å². The number of hydrogen-bond donors (Lipinski definition) is 1. The zero-order chi connectivity index (χ0) is 12.1. The molecule has 0 aliphatic heterocycles. The number of anilines is 2. The van der Waals surface area contributed by atoms with Gasteiger partial charge in [-0.2, -0.15) is 0 Å². The normalized spacial score (nSPS) is 10.0. The minimum Gasteiger partial charge on any atom is -0.497 e. The van der Waals surface area contributed by atoms with Gasteiger partial charge in [0.25, 0.3) is 0 Å². The molecule has 1 heterocycles. The molecule has 0 fully saturated rings. The van der Waals surface area contributed by atoms with E-state index in [2.05, 4.69) is 10.3 Å². The molecule has 0 saturated carbocycles. The SMILES string of the molecule is COc1ccc(Nc2cccnc2SC)cc1. The smallest absolute Gasteiger partial charge is 0.119 e. The van der Waals surface area contributed by atoms with Crippen LogP contribution in [0.4, 0.5) is 11.4 Å². The first-order valence-electron chi connectivity index (χ1n) is 5.23. The molecule has 17 heavy (non-hydrogen) atoms. The summed E-state index contributed by atoms with van der Waals surface area (Å²) in [4.78, 5) is 4.30. The first-order chi connectivity index (χ1) is 8.33. The van der Waals surface area contributed by atoms with Gasteiger partial charge in [-0.25, -0.2) is 4.98 Å². The molecule has 4 heteroatoms. The molecule has 1 aromatic carbocycles. The number of rotatable bonds is 4. The fraction of sp³-hybridized carbons (Fsp3) is 0.154. The molecule has 0 aliphatic rings. The van der Waals surface area contributed by atoms with Crippen molar-refractivity contribution in [3.05, 3.63) is 42.6 Å². The number of nitrogens with one attached hydrogen (secondary N) is 1. The Bertz CT molecular complexity index is 485. The molecule has 88 valence electrons. The molecule has 0 aliphatic carbocycles. The van der Waals surface area contributed by atoms with Crippen molar-refractivity contribution < 1.29 is 4.74 Å². The van der Waals surface area contributed by atoms with Crippen LogP contribution in [0.25, 0.3) is 0 Å². The summed E-state index contributed by atoms with van der Waals surface area (Å²) in [5, 5.41) is 4.33. The van der Waals surface area contributed by atoms with Crippen LogP contribution in [0.3, 0.4) is 0 Å². The maximum absolute atomic E-state index is 5.12. The summed E-state index contributed by atoms with van der Waals surface area (Å²) in [5.74, 6) is 0.854. The Labute approximate surface area is 105 Å². The highest BCUT2D eigenvalue weighted by molar-refractivity contribution is 7.98. The third-order valence-corrected chi connectivity index (χ3v) is 3.05. The number of hydrogen-bond acceptors (Lipinski definition) is 4. The van der Waals surface area contributed by atoms with Crippen molar-refractivity contribution in [3.8, 4) is 5.75 Å². The van der Waals surface area contributed by atoms with Crippen molar-refractivity contribution >= 4 is 23.1 Å². The quantitative estimate of drug-likeness (QED) is 0.836. The average Bonchev–Trinajstić information content (AvgIpc) is 2.40. The molecular weight excluding hydrogens is 232 g/mol. The van der Waals surface area contributed by atoms with Gasteiger partial charge >= 0.3 is 0 Å². The average molecular weight is 246 g/mol. The summed E-state index contributed by atoms with van der Waals surface area (Å²) in [7, 11) is 1.66. The van der Waals surface area contributed by atoms with Gasteiger partial charge in [-0.3, -0.25) is 0 Å². The zero-order valence-electron chi connectivity index (χ0n) is 9.81. The van der Waals surface area contributed by atoms with Crippen molar-refractivity contribution in [1.29, 1.82) is 0 Å². The van der Waals surface area contributed by atoms with Crippen LogP contribution in [0.15, 0.2) is 47.6 Å². The summed E-state index contributed by atoms with van der Waals surface area (Å²) in [6.45, 7) is 0. The minimum atomic E-state index is 0.854. The second kappa shape index (κ2) is 5.59. The molecular formula is C13H14N2OS. The molecule has 1 aromatic heterocycles. The zero-order valence-corrected chi connectivity index (χ0v) is 10.6. The molecule has 1 N–H and O–H groups in total. The van der Waals surface area contributed by atoms with Gasteiger partial charge in [-0.05, 0) is 42.7 Å². The lowest BCUT2D eigenvalue weighted by molar-refractivity contribution is 0.415. The Morgan fingerprint density at radius 2 is 1.94 bits per heavy atom. The predicted molar refractivity (Wildman–Crippen MR) is 72.3 cm³/mol. The number of nitrogens with zero attached hydrogens (tertiary/aromatic N) is 1. The third-order valence-electron chi connectivity index (χ3n) is 2.33. The maximum Gasteiger partial charge on any atom is 0.119 e. The van der Waals surface area contributed by atoms with Crippen molar-refractivity contribution in [2.75, 3.05) is 18.7 Å². The van der Waals surface area contributed by atoms with E-state index in [1.807, 2.05) is 42.7 Å². The lowest BCUT2D eigenvalue weighted by Crippen LogP contribution is -1.93. The molecule has 2 aromatic rings. The van der Waals surface area contributed by atoms with Crippen molar-refractivity contribution in [2.24, 2.45) is 0 Å². The van der Waals surface area contributed by atoms with E-state index in [0.29, 0.717) is 0 Å². The van der Waals surface area contributed by atoms with Crippen molar-refractivity contribution in [2.45, 2.75) is 5.03 Å². The Hall–Kier alpha value is -1.68. The minimum absolute atomic E-state index is 0.854. The van der Waals surface area contributed by atoms with Gasteiger partial charge in [-0.1, -0.05) is 0 Å². The summed E-state index contributed by atoms with van der Waals surface area (Å²) in [6, 6.07) is 11.8. The molecule has 0 bridgehead atoms. The van der Waals surface area contributed by atoms with Crippen molar-refractivity contribution in [1.82, 2.24) is 4.98 Å². The van der Waals surface area contributed by atoms with E-state index in [4.69, 9.17) is 4.74 Å². The van der Waals surface area contributed by atoms with Crippen LogP contribution < -0.4 is 10.1 Å². The van der Waals surface area contributed by atoms with E-state index in [1.165, 1.54) is 0 Å². The fourth-order valence-electron chi connectivity index (χ4n) is 1.48. The molecule has 0 atom stereocenters. The number of methoxy groups -OCH3 is 1. The fourth-order valence-corrected chi connectivity index (χ4v) is 1.98. The van der Waals surface area contributed by atoms with E-state index >= 15 is 0 Å². The van der Waals surface area contributed by atoms with Crippen LogP contribution in [0, 0.1) is 0 Å². The molecule has 0 unspecified atom stereocenters. The Balaban J connectivity index is 2.19. The van der Waals surface area contributed by atoms with Gasteiger partial charge in [0.2, 0.25) is 0 Å². The summed E-state index contributed by atoms with van der Waals surface area (Å²) in [6.07, 6.45) is 3.81. The number of aromatic nitrogens is 1. The third kappa shape index (κ3) is 2.91. The van der Waals surface area contributed by atoms with Gasteiger partial charge in [0.1, 0.15) is 10.8 Å². The number of pyridine rings is 1. The van der Waals surface area contributed by atoms with E-state index < -0.39 is 0 Å². The van der Waals surface area contributed by atoms with Gasteiger partial charge in [0, 0.05) is 11.9 Å². The van der Waals surface area contributed by atoms with Gasteiger partial charge in [0.15, 0.2) is 0 Å². The predicted octanol–water partition coefficient (Wildman–Crippen LogP) is 3.56. The Morgan fingerprint density at radius 1 is 1.18 bits per heavy atom. The first-order valence-corrected chi connectivity index (χ1v) is 6.46. The van der Waals surface area contributed by atoms with Gasteiger partial charge in [-0.15, -0.1) is 11.8 Å². The maximum atomic E-state index is 5.12. The lowest BCUT2D eigenvalue weighted by Gasteiger charge is -2.09. The summed E-state index contributed by atoms with van der Waals surface area (Å²) in [5.41, 5.74) is 2.04. The molecule has 0 radical (unpaired) electrons. The Kier molecular flexibility index (Phi) is 3.88. The van der Waals surface area contributed by atoms with E-state index in [1.54, 1.807) is 25.1 Å². The molecule has 0 saturated heterocycles. The standard InChI is InChI=1S/C13H14N2OS/c1-16-11-7-5-10(6-8-11)15-12-4-3-9-14-13(12)17-2/h3-9,15H,1-2H3. The topological polar surface area (TPSA) is 34.1 Å². The van der Waals surface area contributed by atoms with E-state index in [0.717, 1.165) is 22.2 Å². The highest BCUT2D eigenvalue weighted by Gasteiger charge is 2.02. The number of thioether (sulfide) groups is 1. The Morgan fingerprint density at radius 3 is 2.59 bits per heavy atom. The first kappa shape index (κ1) is 11.8. The number of ether oxygens (including phenoxy) is 1. The molecule has 0 amide bonds. The van der Waals surface area contributed by atoms with Crippen LogP contribution in [-0.4, -0.2) is 18.3 Å². The largest absolute Gasteiger partial charge is 0.497 e. The lowest BCUT2D eigenvalue weighted by atomic mass is 10.3. The van der Waals surface area contributed by atoms with Gasteiger partial charge in [0.05, 0.1) is 12.8 Å². The van der Waals surface area contributed by atoms with Gasteiger partial charge < -0.3 is 10.1 Å². The second-order valence-corrected chi connectivity index (χ2v) is 4.21. The molecule has 2 rings (SSSR count). The number of benzene rings is 1. The molecule has 3 nitrogen and oxygen atoms in total. The van der Waals surface area contributed by atoms with Crippen LogP contribution >= 0.6 is 11.8 Å². The summed E-state index contributed by atoms with van der Waals surface area (Å²) < 4.78 is 5.12.